The summed E-state index contributed by atoms with van der Waals surface area (Å²) < 4.78 is 1.03. The van der Waals surface area contributed by atoms with Crippen LogP contribution < -0.4 is 0 Å². The van der Waals surface area contributed by atoms with E-state index < -0.39 is 0 Å². The Hall–Kier alpha value is -1.40. The van der Waals surface area contributed by atoms with Gasteiger partial charge >= 0.3 is 0 Å². The zero-order chi connectivity index (χ0) is 9.52. The molecule has 0 saturated carbocycles. The van der Waals surface area contributed by atoms with Crippen molar-refractivity contribution in [2.24, 2.45) is 4.99 Å². The third kappa shape index (κ3) is 3.68. The fraction of sp³-hybridized carbons (Fsp3) is 0. The van der Waals surface area contributed by atoms with E-state index in [9.17, 15) is 0 Å². The third-order valence-corrected chi connectivity index (χ3v) is 1.84. The van der Waals surface area contributed by atoms with Gasteiger partial charge in [0, 0.05) is 16.8 Å². The summed E-state index contributed by atoms with van der Waals surface area (Å²) in [4.78, 5) is 4.10. The Morgan fingerprint density at radius 2 is 2.00 bits per heavy atom. The normalized spacial score (nSPS) is 10.8. The van der Waals surface area contributed by atoms with Gasteiger partial charge in [0.15, 0.2) is 0 Å². The third-order valence-electron chi connectivity index (χ3n) is 1.31. The lowest BCUT2D eigenvalue weighted by Crippen LogP contribution is -1.67. The highest BCUT2D eigenvalue weighted by molar-refractivity contribution is 9.10. The molecule has 0 saturated heterocycles. The summed E-state index contributed by atoms with van der Waals surface area (Å²) in [6.45, 7) is 0. The molecule has 1 aromatic rings. The van der Waals surface area contributed by atoms with Crippen molar-refractivity contribution >= 4 is 27.8 Å². The van der Waals surface area contributed by atoms with Gasteiger partial charge in [-0.15, -0.1) is 0 Å². The minimum Gasteiger partial charge on any atom is -0.257 e. The lowest BCUT2D eigenvalue weighted by Gasteiger charge is -1.91. The van der Waals surface area contributed by atoms with Crippen molar-refractivity contribution < 1.29 is 0 Å². The minimum absolute atomic E-state index is 0.866. The molecule has 0 heterocycles. The van der Waals surface area contributed by atoms with Crippen LogP contribution in [0.15, 0.2) is 45.9 Å². The zero-order valence-electron chi connectivity index (χ0n) is 6.81. The van der Waals surface area contributed by atoms with Crippen LogP contribution in [0.3, 0.4) is 0 Å². The van der Waals surface area contributed by atoms with E-state index in [-0.39, 0.29) is 0 Å². The van der Waals surface area contributed by atoms with Crippen LogP contribution in [-0.4, -0.2) is 6.21 Å². The molecule has 0 N–H and O–H groups in total. The van der Waals surface area contributed by atoms with Crippen molar-refractivity contribution in [3.8, 4) is 6.07 Å². The Kier molecular flexibility index (Phi) is 3.94. The second-order valence-corrected chi connectivity index (χ2v) is 3.16. The van der Waals surface area contributed by atoms with E-state index >= 15 is 0 Å². The highest BCUT2D eigenvalue weighted by atomic mass is 79.9. The van der Waals surface area contributed by atoms with Gasteiger partial charge in [0.05, 0.1) is 11.8 Å². The topological polar surface area (TPSA) is 36.1 Å². The second-order valence-electron chi connectivity index (χ2n) is 2.24. The molecule has 1 aromatic carbocycles. The maximum atomic E-state index is 8.20. The largest absolute Gasteiger partial charge is 0.257 e. The maximum Gasteiger partial charge on any atom is 0.0912 e. The first kappa shape index (κ1) is 9.69. The molecule has 0 aliphatic heterocycles. The summed E-state index contributed by atoms with van der Waals surface area (Å²) in [5, 5.41) is 8.20. The van der Waals surface area contributed by atoms with Crippen LogP contribution in [0.5, 0.6) is 0 Å². The summed E-state index contributed by atoms with van der Waals surface area (Å²) in [6.07, 6.45) is 4.57. The van der Waals surface area contributed by atoms with Crippen LogP contribution in [-0.2, 0) is 0 Å². The van der Waals surface area contributed by atoms with E-state index in [0.717, 1.165) is 10.2 Å². The Morgan fingerprint density at radius 1 is 1.31 bits per heavy atom. The number of halogens is 1. The first-order valence-corrected chi connectivity index (χ1v) is 4.46. The molecular weight excluding hydrogens is 228 g/mol. The van der Waals surface area contributed by atoms with Crippen LogP contribution in [0.25, 0.3) is 0 Å². The molecule has 2 nitrogen and oxygen atoms in total. The van der Waals surface area contributed by atoms with E-state index in [0.29, 0.717) is 0 Å². The minimum atomic E-state index is 0.866. The van der Waals surface area contributed by atoms with Gasteiger partial charge in [0.25, 0.3) is 0 Å². The van der Waals surface area contributed by atoms with Gasteiger partial charge < -0.3 is 0 Å². The van der Waals surface area contributed by atoms with Gasteiger partial charge in [0.1, 0.15) is 0 Å². The van der Waals surface area contributed by atoms with Crippen molar-refractivity contribution in [3.05, 3.63) is 40.9 Å². The fourth-order valence-electron chi connectivity index (χ4n) is 0.742. The molecule has 0 spiro atoms. The van der Waals surface area contributed by atoms with E-state index in [1.165, 1.54) is 6.08 Å². The highest BCUT2D eigenvalue weighted by Gasteiger charge is 1.86. The van der Waals surface area contributed by atoms with E-state index in [4.69, 9.17) is 5.26 Å². The number of hydrogen-bond acceptors (Lipinski definition) is 2. The van der Waals surface area contributed by atoms with Gasteiger partial charge in [-0.2, -0.15) is 5.26 Å². The maximum absolute atomic E-state index is 8.20. The van der Waals surface area contributed by atoms with E-state index in [1.54, 1.807) is 12.3 Å². The Morgan fingerprint density at radius 3 is 2.62 bits per heavy atom. The van der Waals surface area contributed by atoms with Crippen molar-refractivity contribution in [1.82, 2.24) is 0 Å². The Labute approximate surface area is 85.4 Å². The average Bonchev–Trinajstić information content (AvgIpc) is 2.15. The highest BCUT2D eigenvalue weighted by Crippen LogP contribution is 2.15. The Balaban J connectivity index is 2.65. The lowest BCUT2D eigenvalue weighted by molar-refractivity contribution is 1.52. The van der Waals surface area contributed by atoms with Crippen molar-refractivity contribution in [2.45, 2.75) is 0 Å². The summed E-state index contributed by atoms with van der Waals surface area (Å²) in [5.74, 6) is 0. The molecule has 0 aromatic heterocycles. The standard InChI is InChI=1S/C10H7BrN2/c11-9-3-5-10(6-4-9)13-8-2-1-7-12/h1-6,8H/b2-1+,13-8?. The summed E-state index contributed by atoms with van der Waals surface area (Å²) in [7, 11) is 0. The molecule has 0 radical (unpaired) electrons. The molecule has 13 heavy (non-hydrogen) atoms. The van der Waals surface area contributed by atoms with Crippen molar-refractivity contribution in [2.75, 3.05) is 0 Å². The smallest absolute Gasteiger partial charge is 0.0912 e. The van der Waals surface area contributed by atoms with Crippen LogP contribution in [0.2, 0.25) is 0 Å². The molecule has 0 atom stereocenters. The van der Waals surface area contributed by atoms with Gasteiger partial charge in [-0.3, -0.25) is 4.99 Å². The fourth-order valence-corrected chi connectivity index (χ4v) is 1.01. The predicted octanol–water partition coefficient (Wildman–Crippen LogP) is 3.23. The van der Waals surface area contributed by atoms with Gasteiger partial charge in [-0.25, -0.2) is 0 Å². The molecule has 0 unspecified atom stereocenters. The number of hydrogen-bond donors (Lipinski definition) is 0. The zero-order valence-corrected chi connectivity index (χ0v) is 8.40. The van der Waals surface area contributed by atoms with E-state index in [2.05, 4.69) is 20.9 Å². The average molecular weight is 235 g/mol. The molecule has 0 aliphatic rings. The monoisotopic (exact) mass is 234 g/mol. The number of nitrogens with zero attached hydrogens (tertiary/aromatic N) is 2. The summed E-state index contributed by atoms with van der Waals surface area (Å²) >= 11 is 3.33. The second kappa shape index (κ2) is 5.28. The van der Waals surface area contributed by atoms with Gasteiger partial charge in [-0.1, -0.05) is 15.9 Å². The lowest BCUT2D eigenvalue weighted by atomic mass is 10.3. The number of rotatable bonds is 2. The van der Waals surface area contributed by atoms with Crippen molar-refractivity contribution in [1.29, 1.82) is 5.26 Å². The predicted molar refractivity (Wildman–Crippen MR) is 57.0 cm³/mol. The van der Waals surface area contributed by atoms with Crippen LogP contribution >= 0.6 is 15.9 Å². The molecule has 0 aliphatic carbocycles. The SMILES string of the molecule is N#C/C=C/C=Nc1ccc(Br)cc1. The molecule has 0 bridgehead atoms. The molecule has 64 valence electrons. The van der Waals surface area contributed by atoms with Crippen LogP contribution in [0.1, 0.15) is 0 Å². The quantitative estimate of drug-likeness (QED) is 0.572. The Bertz CT molecular complexity index is 358. The first-order valence-electron chi connectivity index (χ1n) is 3.67. The first-order chi connectivity index (χ1) is 6.33. The summed E-state index contributed by atoms with van der Waals surface area (Å²) in [5.41, 5.74) is 0.866. The number of nitriles is 1. The molecule has 0 amide bonds. The molecular formula is C10H7BrN2. The number of allylic oxidation sites excluding steroid dienone is 2. The number of aliphatic imine (C=N–C) groups is 1. The van der Waals surface area contributed by atoms with Crippen LogP contribution in [0, 0.1) is 11.3 Å². The summed E-state index contributed by atoms with van der Waals surface area (Å²) in [6, 6.07) is 9.50. The number of benzene rings is 1. The molecule has 3 heteroatoms. The van der Waals surface area contributed by atoms with Gasteiger partial charge in [-0.05, 0) is 30.3 Å². The molecule has 1 rings (SSSR count). The van der Waals surface area contributed by atoms with Crippen molar-refractivity contribution in [3.63, 3.8) is 0 Å². The van der Waals surface area contributed by atoms with Gasteiger partial charge in [0.2, 0.25) is 0 Å². The van der Waals surface area contributed by atoms with E-state index in [1.807, 2.05) is 30.3 Å². The van der Waals surface area contributed by atoms with Crippen LogP contribution in [0.4, 0.5) is 5.69 Å². The molecule has 0 fully saturated rings.